The van der Waals surface area contributed by atoms with Gasteiger partial charge in [0.1, 0.15) is 0 Å². The van der Waals surface area contributed by atoms with Crippen LogP contribution < -0.4 is 16.8 Å². The van der Waals surface area contributed by atoms with Crippen molar-refractivity contribution < 1.29 is 29.3 Å². The molecule has 11 heteroatoms. The molecule has 0 aromatic heterocycles. The van der Waals surface area contributed by atoms with E-state index in [1.54, 1.807) is 13.8 Å². The minimum Gasteiger partial charge on any atom is -0.478 e. The Hall–Kier alpha value is -2.82. The van der Waals surface area contributed by atoms with Crippen LogP contribution in [0.15, 0.2) is 16.8 Å². The monoisotopic (exact) mass is 371 g/mol. The standard InChI is InChI=1S/C15H25N5O6/c1-4-20(5-2)13(23)11(22)12-10(18-7(3)21)8(19-15(16)17)6-9(26-12)14(24)25/h6,8,10-12,22H,4-5H2,1-3H3,(H,18,21)(H,24,25)(H4,16,17,19)/t8-,10+,11-,12+/m0/s1. The predicted octanol–water partition coefficient (Wildman–Crippen LogP) is -2.27. The summed E-state index contributed by atoms with van der Waals surface area (Å²) >= 11 is 0. The van der Waals surface area contributed by atoms with Crippen LogP contribution in [0.4, 0.5) is 0 Å². The number of guanidine groups is 1. The molecule has 0 bridgehead atoms. The van der Waals surface area contributed by atoms with Crippen LogP contribution in [0.5, 0.6) is 0 Å². The van der Waals surface area contributed by atoms with Crippen molar-refractivity contribution in [3.05, 3.63) is 11.8 Å². The fourth-order valence-electron chi connectivity index (χ4n) is 2.65. The number of carbonyl (C=O) groups excluding carboxylic acids is 2. The first-order chi connectivity index (χ1) is 12.1. The molecule has 2 amide bonds. The number of likely N-dealkylation sites (N-methyl/N-ethyl adjacent to an activating group) is 1. The van der Waals surface area contributed by atoms with E-state index in [1.807, 2.05) is 0 Å². The molecule has 0 radical (unpaired) electrons. The van der Waals surface area contributed by atoms with E-state index in [0.717, 1.165) is 6.08 Å². The van der Waals surface area contributed by atoms with Gasteiger partial charge in [0.25, 0.3) is 5.91 Å². The number of amides is 2. The number of nitrogens with zero attached hydrogens (tertiary/aromatic N) is 2. The maximum absolute atomic E-state index is 12.5. The largest absolute Gasteiger partial charge is 0.478 e. The zero-order chi connectivity index (χ0) is 20.0. The number of hydrogen-bond acceptors (Lipinski definition) is 6. The van der Waals surface area contributed by atoms with Crippen LogP contribution in [-0.4, -0.2) is 76.2 Å². The summed E-state index contributed by atoms with van der Waals surface area (Å²) < 4.78 is 5.29. The van der Waals surface area contributed by atoms with E-state index in [1.165, 1.54) is 11.8 Å². The van der Waals surface area contributed by atoms with E-state index in [2.05, 4.69) is 10.3 Å². The first-order valence-electron chi connectivity index (χ1n) is 8.06. The van der Waals surface area contributed by atoms with Crippen LogP contribution >= 0.6 is 0 Å². The first kappa shape index (κ1) is 21.2. The summed E-state index contributed by atoms with van der Waals surface area (Å²) in [5.41, 5.74) is 10.7. The molecule has 1 rings (SSSR count). The third kappa shape index (κ3) is 5.09. The Labute approximate surface area is 150 Å². The fraction of sp³-hybridized carbons (Fsp3) is 0.600. The highest BCUT2D eigenvalue weighted by Crippen LogP contribution is 2.24. The Morgan fingerprint density at radius 3 is 2.35 bits per heavy atom. The van der Waals surface area contributed by atoms with Crippen LogP contribution in [0, 0.1) is 0 Å². The highest BCUT2D eigenvalue weighted by Gasteiger charge is 2.44. The molecule has 0 aromatic carbocycles. The van der Waals surface area contributed by atoms with Gasteiger partial charge in [0, 0.05) is 20.0 Å². The zero-order valence-corrected chi connectivity index (χ0v) is 14.9. The van der Waals surface area contributed by atoms with Crippen LogP contribution in [0.25, 0.3) is 0 Å². The maximum atomic E-state index is 12.5. The van der Waals surface area contributed by atoms with Crippen molar-refractivity contribution in [2.45, 2.75) is 45.1 Å². The molecule has 0 aliphatic carbocycles. The lowest BCUT2D eigenvalue weighted by molar-refractivity contribution is -0.154. The summed E-state index contributed by atoms with van der Waals surface area (Å²) in [6.45, 7) is 5.35. The third-order valence-electron chi connectivity index (χ3n) is 3.83. The molecule has 0 saturated carbocycles. The number of carboxylic acids is 1. The van der Waals surface area contributed by atoms with Crippen molar-refractivity contribution >= 4 is 23.7 Å². The van der Waals surface area contributed by atoms with E-state index >= 15 is 0 Å². The molecule has 11 nitrogen and oxygen atoms in total. The second-order valence-corrected chi connectivity index (χ2v) is 5.64. The third-order valence-corrected chi connectivity index (χ3v) is 3.83. The number of nitrogens with two attached hydrogens (primary N) is 2. The Morgan fingerprint density at radius 2 is 1.92 bits per heavy atom. The summed E-state index contributed by atoms with van der Waals surface area (Å²) in [6.07, 6.45) is -2.02. The van der Waals surface area contributed by atoms with Gasteiger partial charge in [-0.2, -0.15) is 0 Å². The smallest absolute Gasteiger partial charge is 0.370 e. The Kier molecular flexibility index (Phi) is 7.38. The molecule has 0 spiro atoms. The number of aliphatic imine (C=N–C) groups is 1. The summed E-state index contributed by atoms with van der Waals surface area (Å²) in [7, 11) is 0. The molecule has 1 aliphatic heterocycles. The molecule has 26 heavy (non-hydrogen) atoms. The second kappa shape index (κ2) is 9.04. The van der Waals surface area contributed by atoms with Gasteiger partial charge in [-0.25, -0.2) is 9.79 Å². The Bertz CT molecular complexity index is 612. The number of ether oxygens (including phenoxy) is 1. The number of carbonyl (C=O) groups is 3. The fourth-order valence-corrected chi connectivity index (χ4v) is 2.65. The number of carboxylic acid groups (broad SMARTS) is 1. The Morgan fingerprint density at radius 1 is 1.35 bits per heavy atom. The molecule has 1 aliphatic rings. The van der Waals surface area contributed by atoms with Crippen molar-refractivity contribution in [1.29, 1.82) is 0 Å². The van der Waals surface area contributed by atoms with Crippen molar-refractivity contribution in [2.24, 2.45) is 16.5 Å². The van der Waals surface area contributed by atoms with Gasteiger partial charge in [-0.3, -0.25) is 9.59 Å². The molecule has 146 valence electrons. The quantitative estimate of drug-likeness (QED) is 0.245. The van der Waals surface area contributed by atoms with Crippen molar-refractivity contribution in [2.75, 3.05) is 13.1 Å². The zero-order valence-electron chi connectivity index (χ0n) is 14.9. The van der Waals surface area contributed by atoms with Crippen LogP contribution in [0.2, 0.25) is 0 Å². The molecule has 4 atom stereocenters. The van der Waals surface area contributed by atoms with E-state index in [-0.39, 0.29) is 5.96 Å². The number of nitrogens with one attached hydrogen (secondary N) is 1. The summed E-state index contributed by atoms with van der Waals surface area (Å²) in [5, 5.41) is 22.2. The van der Waals surface area contributed by atoms with Gasteiger partial charge in [0.15, 0.2) is 18.2 Å². The van der Waals surface area contributed by atoms with Crippen LogP contribution in [0.1, 0.15) is 20.8 Å². The SMILES string of the molecule is CCN(CC)C(=O)[C@@H](O)[C@@H]1OC(C(=O)O)=C[C@H](N=C(N)N)[C@H]1NC(C)=O. The van der Waals surface area contributed by atoms with Gasteiger partial charge in [0.2, 0.25) is 11.7 Å². The molecular formula is C15H25N5O6. The lowest BCUT2D eigenvalue weighted by atomic mass is 9.94. The summed E-state index contributed by atoms with van der Waals surface area (Å²) in [4.78, 5) is 40.6. The lowest BCUT2D eigenvalue weighted by Crippen LogP contribution is -2.60. The van der Waals surface area contributed by atoms with Gasteiger partial charge in [-0.15, -0.1) is 0 Å². The minimum absolute atomic E-state index is 0.336. The normalized spacial score (nSPS) is 23.1. The molecule has 7 N–H and O–H groups in total. The number of rotatable bonds is 7. The van der Waals surface area contributed by atoms with E-state index in [0.29, 0.717) is 13.1 Å². The Balaban J connectivity index is 3.33. The van der Waals surface area contributed by atoms with Gasteiger partial charge < -0.3 is 36.6 Å². The van der Waals surface area contributed by atoms with Gasteiger partial charge >= 0.3 is 5.97 Å². The van der Waals surface area contributed by atoms with E-state index in [9.17, 15) is 24.6 Å². The van der Waals surface area contributed by atoms with Crippen LogP contribution in [0.3, 0.4) is 0 Å². The maximum Gasteiger partial charge on any atom is 0.370 e. The van der Waals surface area contributed by atoms with Gasteiger partial charge in [-0.1, -0.05) is 0 Å². The number of aliphatic hydroxyl groups is 1. The first-order valence-corrected chi connectivity index (χ1v) is 8.06. The van der Waals surface area contributed by atoms with Gasteiger partial charge in [0.05, 0.1) is 12.1 Å². The predicted molar refractivity (Wildman–Crippen MR) is 91.7 cm³/mol. The van der Waals surface area contributed by atoms with Crippen molar-refractivity contribution in [3.8, 4) is 0 Å². The van der Waals surface area contributed by atoms with E-state index < -0.39 is 47.8 Å². The molecular weight excluding hydrogens is 346 g/mol. The number of aliphatic carboxylic acids is 1. The highest BCUT2D eigenvalue weighted by atomic mass is 16.5. The topological polar surface area (TPSA) is 181 Å². The van der Waals surface area contributed by atoms with Crippen molar-refractivity contribution in [3.63, 3.8) is 0 Å². The lowest BCUT2D eigenvalue weighted by Gasteiger charge is -2.38. The molecule has 0 unspecified atom stereocenters. The average Bonchev–Trinajstić information content (AvgIpc) is 2.55. The number of aliphatic hydroxyl groups excluding tert-OH is 1. The minimum atomic E-state index is -1.73. The summed E-state index contributed by atoms with van der Waals surface area (Å²) in [5.74, 6) is -3.45. The highest BCUT2D eigenvalue weighted by molar-refractivity contribution is 5.86. The van der Waals surface area contributed by atoms with E-state index in [4.69, 9.17) is 16.2 Å². The number of hydrogen-bond donors (Lipinski definition) is 5. The second-order valence-electron chi connectivity index (χ2n) is 5.64. The molecule has 0 aromatic rings. The summed E-state index contributed by atoms with van der Waals surface area (Å²) in [6, 6.07) is -2.08. The van der Waals surface area contributed by atoms with Crippen molar-refractivity contribution in [1.82, 2.24) is 10.2 Å². The molecule has 0 saturated heterocycles. The molecule has 1 heterocycles. The van der Waals surface area contributed by atoms with Gasteiger partial charge in [-0.05, 0) is 19.9 Å². The van der Waals surface area contributed by atoms with Crippen LogP contribution in [-0.2, 0) is 19.1 Å². The average molecular weight is 371 g/mol. The molecule has 0 fully saturated rings.